The van der Waals surface area contributed by atoms with Gasteiger partial charge in [-0.3, -0.25) is 9.69 Å². The average molecular weight is 389 g/mol. The molecular formula is C23H36N2O3. The zero-order valence-corrected chi connectivity index (χ0v) is 18.2. The van der Waals surface area contributed by atoms with Crippen molar-refractivity contribution in [1.82, 2.24) is 9.96 Å². The maximum atomic E-state index is 13.0. The minimum absolute atomic E-state index is 0.0764. The van der Waals surface area contributed by atoms with E-state index in [4.69, 9.17) is 9.57 Å². The molecule has 3 rings (SSSR count). The number of carbonyl (C=O) groups is 1. The highest BCUT2D eigenvalue weighted by Crippen LogP contribution is 2.38. The molecule has 156 valence electrons. The van der Waals surface area contributed by atoms with Gasteiger partial charge in [-0.1, -0.05) is 24.1 Å². The number of nitrogens with zero attached hydrogens (tertiary/aromatic N) is 2. The Kier molecular flexibility index (Phi) is 6.79. The van der Waals surface area contributed by atoms with Crippen molar-refractivity contribution >= 4 is 5.97 Å². The van der Waals surface area contributed by atoms with E-state index in [9.17, 15) is 4.79 Å². The molecule has 0 spiro atoms. The first kappa shape index (κ1) is 21.3. The Morgan fingerprint density at radius 3 is 2.21 bits per heavy atom. The van der Waals surface area contributed by atoms with E-state index < -0.39 is 5.54 Å². The van der Waals surface area contributed by atoms with Gasteiger partial charge in [-0.2, -0.15) is 5.06 Å². The van der Waals surface area contributed by atoms with Gasteiger partial charge in [0.25, 0.3) is 0 Å². The van der Waals surface area contributed by atoms with Gasteiger partial charge in [-0.05, 0) is 69.6 Å². The summed E-state index contributed by atoms with van der Waals surface area (Å²) in [4.78, 5) is 20.9. The van der Waals surface area contributed by atoms with Crippen molar-refractivity contribution in [1.29, 1.82) is 0 Å². The van der Waals surface area contributed by atoms with Crippen molar-refractivity contribution in [2.75, 3.05) is 33.9 Å². The molecule has 0 amide bonds. The van der Waals surface area contributed by atoms with Crippen LogP contribution in [-0.4, -0.2) is 61.4 Å². The van der Waals surface area contributed by atoms with Crippen LogP contribution in [0.5, 0.6) is 0 Å². The van der Waals surface area contributed by atoms with Gasteiger partial charge < -0.3 is 9.57 Å². The lowest BCUT2D eigenvalue weighted by Gasteiger charge is -2.51. The van der Waals surface area contributed by atoms with Gasteiger partial charge in [-0.15, -0.1) is 0 Å². The number of hydrogen-bond donors (Lipinski definition) is 0. The zero-order valence-electron chi connectivity index (χ0n) is 18.2. The number of aryl methyl sites for hydroxylation is 3. The summed E-state index contributed by atoms with van der Waals surface area (Å²) in [5.74, 6) is -0.0764. The van der Waals surface area contributed by atoms with Crippen molar-refractivity contribution in [2.24, 2.45) is 0 Å². The van der Waals surface area contributed by atoms with E-state index in [0.717, 1.165) is 38.9 Å². The molecule has 1 aliphatic heterocycles. The van der Waals surface area contributed by atoms with Crippen molar-refractivity contribution in [2.45, 2.75) is 70.9 Å². The predicted octanol–water partition coefficient (Wildman–Crippen LogP) is 3.58. The van der Waals surface area contributed by atoms with Crippen LogP contribution in [0.3, 0.4) is 0 Å². The van der Waals surface area contributed by atoms with Crippen LogP contribution >= 0.6 is 0 Å². The molecule has 1 saturated carbocycles. The number of hydrogen-bond acceptors (Lipinski definition) is 5. The molecule has 5 heteroatoms. The highest BCUT2D eigenvalue weighted by atomic mass is 16.7. The van der Waals surface area contributed by atoms with E-state index in [0.29, 0.717) is 6.04 Å². The van der Waals surface area contributed by atoms with E-state index in [-0.39, 0.29) is 5.97 Å². The molecule has 1 heterocycles. The van der Waals surface area contributed by atoms with Crippen LogP contribution in [0.25, 0.3) is 0 Å². The molecule has 0 radical (unpaired) electrons. The second kappa shape index (κ2) is 8.93. The summed E-state index contributed by atoms with van der Waals surface area (Å²) in [6.07, 6.45) is 6.11. The largest absolute Gasteiger partial charge is 0.468 e. The smallest absolute Gasteiger partial charge is 0.326 e. The Bertz CT molecular complexity index is 668. The first-order valence-electron chi connectivity index (χ1n) is 10.6. The molecular weight excluding hydrogens is 352 g/mol. The molecule has 1 aliphatic carbocycles. The van der Waals surface area contributed by atoms with Crippen LogP contribution in [0.4, 0.5) is 0 Å². The molecule has 28 heavy (non-hydrogen) atoms. The zero-order chi connectivity index (χ0) is 20.3. The van der Waals surface area contributed by atoms with Gasteiger partial charge >= 0.3 is 5.97 Å². The average Bonchev–Trinajstić information content (AvgIpc) is 2.64. The molecule has 2 aliphatic rings. The predicted molar refractivity (Wildman–Crippen MR) is 111 cm³/mol. The van der Waals surface area contributed by atoms with Crippen LogP contribution in [-0.2, 0) is 20.8 Å². The molecule has 0 unspecified atom stereocenters. The van der Waals surface area contributed by atoms with Gasteiger partial charge in [0, 0.05) is 25.7 Å². The first-order chi connectivity index (χ1) is 13.4. The Morgan fingerprint density at radius 1 is 1.14 bits per heavy atom. The van der Waals surface area contributed by atoms with Crippen molar-refractivity contribution < 1.29 is 14.4 Å². The topological polar surface area (TPSA) is 42.0 Å². The summed E-state index contributed by atoms with van der Waals surface area (Å²) >= 11 is 0. The number of rotatable bonds is 7. The van der Waals surface area contributed by atoms with Crippen LogP contribution in [0.1, 0.15) is 54.4 Å². The third-order valence-corrected chi connectivity index (χ3v) is 6.88. The minimum Gasteiger partial charge on any atom is -0.468 e. The standard InChI is InChI=1S/C23H36N2O3/c1-17-15-18(2)21(19(3)16-17)9-12-25(20-7-6-8-20)23(22(26)27-4)10-13-24(28-5)14-11-23/h15-16,20H,6-14H2,1-5H3. The highest BCUT2D eigenvalue weighted by molar-refractivity contribution is 5.81. The third kappa shape index (κ3) is 4.12. The number of esters is 1. The molecule has 0 N–H and O–H groups in total. The third-order valence-electron chi connectivity index (χ3n) is 6.88. The lowest BCUT2D eigenvalue weighted by molar-refractivity contribution is -0.187. The molecule has 1 aromatic carbocycles. The SMILES string of the molecule is COC(=O)C1(N(CCc2c(C)cc(C)cc2C)C2CCC2)CCN(OC)CC1. The minimum atomic E-state index is -0.526. The molecule has 2 fully saturated rings. The van der Waals surface area contributed by atoms with Crippen molar-refractivity contribution in [3.63, 3.8) is 0 Å². The summed E-state index contributed by atoms with van der Waals surface area (Å²) in [5.41, 5.74) is 4.91. The Hall–Kier alpha value is -1.43. The lowest BCUT2D eigenvalue weighted by Crippen LogP contribution is -2.64. The van der Waals surface area contributed by atoms with Crippen LogP contribution in [0.2, 0.25) is 0 Å². The van der Waals surface area contributed by atoms with E-state index in [2.05, 4.69) is 37.8 Å². The fourth-order valence-corrected chi connectivity index (χ4v) is 5.12. The summed E-state index contributed by atoms with van der Waals surface area (Å²) < 4.78 is 5.34. The van der Waals surface area contributed by atoms with Crippen LogP contribution in [0, 0.1) is 20.8 Å². The Balaban J connectivity index is 1.85. The normalized spacial score (nSPS) is 20.2. The quantitative estimate of drug-likeness (QED) is 0.668. The number of carbonyl (C=O) groups excluding carboxylic acids is 1. The molecule has 0 atom stereocenters. The van der Waals surface area contributed by atoms with Gasteiger partial charge in [0.05, 0.1) is 14.2 Å². The second-order valence-corrected chi connectivity index (χ2v) is 8.54. The number of hydroxylamine groups is 2. The van der Waals surface area contributed by atoms with Gasteiger partial charge in [0.1, 0.15) is 5.54 Å². The maximum Gasteiger partial charge on any atom is 0.326 e. The first-order valence-corrected chi connectivity index (χ1v) is 10.6. The highest BCUT2D eigenvalue weighted by Gasteiger charge is 2.50. The summed E-state index contributed by atoms with van der Waals surface area (Å²) in [6, 6.07) is 5.02. The number of ether oxygens (including phenoxy) is 1. The van der Waals surface area contributed by atoms with Crippen LogP contribution in [0.15, 0.2) is 12.1 Å². The second-order valence-electron chi connectivity index (χ2n) is 8.54. The number of benzene rings is 1. The van der Waals surface area contributed by atoms with Gasteiger partial charge in [0.15, 0.2) is 0 Å². The van der Waals surface area contributed by atoms with Crippen LogP contribution < -0.4 is 0 Å². The van der Waals surface area contributed by atoms with Crippen molar-refractivity contribution in [3.8, 4) is 0 Å². The Morgan fingerprint density at radius 2 is 1.75 bits per heavy atom. The van der Waals surface area contributed by atoms with Crippen molar-refractivity contribution in [3.05, 3.63) is 34.4 Å². The van der Waals surface area contributed by atoms with E-state index >= 15 is 0 Å². The fourth-order valence-electron chi connectivity index (χ4n) is 5.12. The summed E-state index contributed by atoms with van der Waals surface area (Å²) in [6.45, 7) is 8.99. The molecule has 0 aromatic heterocycles. The van der Waals surface area contributed by atoms with E-state index in [1.165, 1.54) is 48.6 Å². The maximum absolute atomic E-state index is 13.0. The number of methoxy groups -OCH3 is 1. The van der Waals surface area contributed by atoms with Gasteiger partial charge in [-0.25, -0.2) is 0 Å². The Labute approximate surface area is 169 Å². The van der Waals surface area contributed by atoms with Gasteiger partial charge in [0.2, 0.25) is 0 Å². The monoisotopic (exact) mass is 388 g/mol. The molecule has 1 saturated heterocycles. The summed E-state index contributed by atoms with van der Waals surface area (Å²) in [7, 11) is 3.23. The molecule has 1 aromatic rings. The fraction of sp³-hybridized carbons (Fsp3) is 0.696. The summed E-state index contributed by atoms with van der Waals surface area (Å²) in [5, 5.41) is 1.95. The number of piperidine rings is 1. The lowest BCUT2D eigenvalue weighted by atomic mass is 9.80. The van der Waals surface area contributed by atoms with E-state index in [1.54, 1.807) is 7.11 Å². The molecule has 0 bridgehead atoms. The molecule has 5 nitrogen and oxygen atoms in total. The van der Waals surface area contributed by atoms with E-state index in [1.807, 2.05) is 5.06 Å².